The molecule has 0 atom stereocenters. The van der Waals surface area contributed by atoms with Crippen LogP contribution in [0.2, 0.25) is 0 Å². The molecule has 0 rings (SSSR count). The Balaban J connectivity index is 5.56. The summed E-state index contributed by atoms with van der Waals surface area (Å²) in [5.74, 6) is -12.3. The third-order valence-corrected chi connectivity index (χ3v) is 1.58. The monoisotopic (exact) mass is 280 g/mol. The zero-order valence-corrected chi connectivity index (χ0v) is 9.41. The van der Waals surface area contributed by atoms with Gasteiger partial charge in [0.15, 0.2) is 0 Å². The maximum Gasteiger partial charge on any atom is 0.461 e. The molecule has 0 aromatic carbocycles. The highest BCUT2D eigenvalue weighted by Crippen LogP contribution is 2.43. The molecule has 0 heterocycles. The van der Waals surface area contributed by atoms with Gasteiger partial charge in [0.25, 0.3) is 5.83 Å². The molecule has 0 N–H and O–H groups in total. The minimum absolute atomic E-state index is 0.386. The van der Waals surface area contributed by atoms with Crippen molar-refractivity contribution in [3.05, 3.63) is 11.6 Å². The van der Waals surface area contributed by atoms with Crippen LogP contribution < -0.4 is 0 Å². The number of rotatable bonds is 5. The molecule has 0 aliphatic carbocycles. The lowest BCUT2D eigenvalue weighted by Crippen LogP contribution is -2.40. The van der Waals surface area contributed by atoms with E-state index in [9.17, 15) is 31.1 Å². The summed E-state index contributed by atoms with van der Waals surface area (Å²) in [5, 5.41) is 0. The van der Waals surface area contributed by atoms with E-state index in [-0.39, 0.29) is 6.61 Å². The van der Waals surface area contributed by atoms with E-state index in [0.29, 0.717) is 0 Å². The van der Waals surface area contributed by atoms with E-state index < -0.39 is 36.3 Å². The molecule has 0 aromatic rings. The summed E-state index contributed by atoms with van der Waals surface area (Å²) in [4.78, 5) is 10.8. The first-order valence-electron chi connectivity index (χ1n) is 4.74. The van der Waals surface area contributed by atoms with E-state index in [2.05, 4.69) is 9.47 Å². The van der Waals surface area contributed by atoms with Gasteiger partial charge in [-0.3, -0.25) is 0 Å². The van der Waals surface area contributed by atoms with E-state index in [1.807, 2.05) is 0 Å². The van der Waals surface area contributed by atoms with Gasteiger partial charge in [0, 0.05) is 0 Å². The minimum Gasteiger partial charge on any atom is -0.489 e. The summed E-state index contributed by atoms with van der Waals surface area (Å²) in [6.45, 7) is 1.23. The van der Waals surface area contributed by atoms with Gasteiger partial charge in [0.2, 0.25) is 5.76 Å². The van der Waals surface area contributed by atoms with Crippen LogP contribution in [0.15, 0.2) is 11.6 Å². The lowest BCUT2D eigenvalue weighted by atomic mass is 10.2. The first-order valence-corrected chi connectivity index (χ1v) is 4.74. The van der Waals surface area contributed by atoms with E-state index in [0.717, 1.165) is 6.92 Å². The Hall–Kier alpha value is -1.41. The Morgan fingerprint density at radius 2 is 1.44 bits per heavy atom. The molecule has 18 heavy (non-hydrogen) atoms. The maximum atomic E-state index is 13.2. The van der Waals surface area contributed by atoms with Gasteiger partial charge in [-0.1, -0.05) is 0 Å². The second kappa shape index (κ2) is 5.96. The normalized spacial score (nSPS) is 14.0. The van der Waals surface area contributed by atoms with Gasteiger partial charge in [0.1, 0.15) is 0 Å². The average Bonchev–Trinajstić information content (AvgIpc) is 2.23. The summed E-state index contributed by atoms with van der Waals surface area (Å²) in [6, 6.07) is 0. The predicted octanol–water partition coefficient (Wildman–Crippen LogP) is 2.96. The fraction of sp³-hybridized carbons (Fsp3) is 0.667. The van der Waals surface area contributed by atoms with Gasteiger partial charge in [0.05, 0.1) is 13.2 Å². The zero-order chi connectivity index (χ0) is 14.6. The Morgan fingerprint density at radius 3 is 1.78 bits per heavy atom. The van der Waals surface area contributed by atoms with Crippen LogP contribution in [-0.2, 0) is 14.3 Å². The van der Waals surface area contributed by atoms with E-state index in [1.165, 1.54) is 6.92 Å². The van der Waals surface area contributed by atoms with Crippen LogP contribution in [0.3, 0.4) is 0 Å². The van der Waals surface area contributed by atoms with Gasteiger partial charge >= 0.3 is 18.1 Å². The molecule has 0 fully saturated rings. The minimum atomic E-state index is -6.08. The average molecular weight is 280 g/mol. The van der Waals surface area contributed by atoms with Crippen molar-refractivity contribution < 1.29 is 40.6 Å². The van der Waals surface area contributed by atoms with Crippen LogP contribution in [-0.4, -0.2) is 31.3 Å². The molecular formula is C9H10F6O3. The highest BCUT2D eigenvalue weighted by molar-refractivity contribution is 5.86. The van der Waals surface area contributed by atoms with E-state index in [4.69, 9.17) is 0 Å². The summed E-state index contributed by atoms with van der Waals surface area (Å²) in [6.07, 6.45) is -6.08. The van der Waals surface area contributed by atoms with E-state index >= 15 is 0 Å². The van der Waals surface area contributed by atoms with Gasteiger partial charge in [-0.05, 0) is 13.8 Å². The summed E-state index contributed by atoms with van der Waals surface area (Å²) in [7, 11) is 0. The molecule has 0 aliphatic rings. The molecule has 3 nitrogen and oxygen atoms in total. The molecule has 9 heteroatoms. The molecule has 0 spiro atoms. The molecule has 0 bridgehead atoms. The van der Waals surface area contributed by atoms with Crippen molar-refractivity contribution in [1.82, 2.24) is 0 Å². The lowest BCUT2D eigenvalue weighted by molar-refractivity contribution is -0.277. The molecule has 0 radical (unpaired) electrons. The number of ether oxygens (including phenoxy) is 2. The highest BCUT2D eigenvalue weighted by Gasteiger charge is 2.63. The molecule has 0 aromatic heterocycles. The van der Waals surface area contributed by atoms with E-state index in [1.54, 1.807) is 0 Å². The van der Waals surface area contributed by atoms with Crippen LogP contribution in [0.1, 0.15) is 13.8 Å². The van der Waals surface area contributed by atoms with Crippen LogP contribution in [0.25, 0.3) is 0 Å². The van der Waals surface area contributed by atoms with Gasteiger partial charge < -0.3 is 9.47 Å². The number of hydrogen-bond donors (Lipinski definition) is 0. The van der Waals surface area contributed by atoms with Crippen LogP contribution in [0.5, 0.6) is 0 Å². The number of allylic oxidation sites excluding steroid dienone is 1. The third-order valence-electron chi connectivity index (χ3n) is 1.58. The predicted molar refractivity (Wildman–Crippen MR) is 47.4 cm³/mol. The smallest absolute Gasteiger partial charge is 0.461 e. The van der Waals surface area contributed by atoms with Crippen molar-refractivity contribution in [2.75, 3.05) is 13.2 Å². The first kappa shape index (κ1) is 16.6. The number of esters is 1. The first-order chi connectivity index (χ1) is 8.09. The maximum absolute atomic E-state index is 13.2. The Kier molecular flexibility index (Phi) is 5.50. The van der Waals surface area contributed by atoms with Gasteiger partial charge in [-0.2, -0.15) is 26.3 Å². The van der Waals surface area contributed by atoms with Crippen molar-refractivity contribution >= 4 is 5.97 Å². The number of hydrogen-bond acceptors (Lipinski definition) is 3. The van der Waals surface area contributed by atoms with Crippen molar-refractivity contribution in [3.8, 4) is 0 Å². The summed E-state index contributed by atoms with van der Waals surface area (Å²) in [5.41, 5.74) is 0. The molecule has 0 saturated carbocycles. The number of alkyl halides is 5. The fourth-order valence-electron chi connectivity index (χ4n) is 0.852. The molecule has 0 amide bonds. The van der Waals surface area contributed by atoms with Crippen LogP contribution >= 0.6 is 0 Å². The van der Waals surface area contributed by atoms with Crippen molar-refractivity contribution in [3.63, 3.8) is 0 Å². The molecule has 0 unspecified atom stereocenters. The Labute approximate surface area is 98.4 Å². The molecule has 106 valence electrons. The van der Waals surface area contributed by atoms with Crippen LogP contribution in [0.4, 0.5) is 26.3 Å². The number of carbonyl (C=O) groups is 1. The quantitative estimate of drug-likeness (QED) is 0.336. The van der Waals surface area contributed by atoms with Crippen molar-refractivity contribution in [2.24, 2.45) is 0 Å². The summed E-state index contributed by atoms with van der Waals surface area (Å²) < 4.78 is 82.9. The van der Waals surface area contributed by atoms with Gasteiger partial charge in [-0.25, -0.2) is 4.79 Å². The number of halogens is 6. The Bertz CT molecular complexity index is 334. The highest BCUT2D eigenvalue weighted by atomic mass is 19.4. The van der Waals surface area contributed by atoms with Crippen molar-refractivity contribution in [1.29, 1.82) is 0 Å². The largest absolute Gasteiger partial charge is 0.489 e. The number of carbonyl (C=O) groups excluding carboxylic acids is 1. The third kappa shape index (κ3) is 3.54. The fourth-order valence-corrected chi connectivity index (χ4v) is 0.852. The Morgan fingerprint density at radius 1 is 1.00 bits per heavy atom. The second-order valence-corrected chi connectivity index (χ2v) is 2.87. The second-order valence-electron chi connectivity index (χ2n) is 2.87. The molecule has 0 saturated heterocycles. The lowest BCUT2D eigenvalue weighted by Gasteiger charge is -2.22. The summed E-state index contributed by atoms with van der Waals surface area (Å²) >= 11 is 0. The van der Waals surface area contributed by atoms with Crippen molar-refractivity contribution in [2.45, 2.75) is 25.9 Å². The SMILES string of the molecule is CCOC(=O)/C(F)=C(/OCC)C(F)(F)C(F)(F)F. The topological polar surface area (TPSA) is 35.5 Å². The molecule has 0 aliphatic heterocycles. The standard InChI is InChI=1S/C9H10F6O3/c1-3-17-6(5(10)7(16)18-4-2)8(11,12)9(13,14)15/h3-4H2,1-2H3/b6-5-. The molecular weight excluding hydrogens is 270 g/mol. The zero-order valence-electron chi connectivity index (χ0n) is 9.41. The van der Waals surface area contributed by atoms with Crippen LogP contribution in [0, 0.1) is 0 Å². The van der Waals surface area contributed by atoms with Gasteiger partial charge in [-0.15, -0.1) is 0 Å².